The number of carbonyl (C=O) groups is 1. The summed E-state index contributed by atoms with van der Waals surface area (Å²) in [6, 6.07) is 3.67. The van der Waals surface area contributed by atoms with Gasteiger partial charge < -0.3 is 5.32 Å². The van der Waals surface area contributed by atoms with Crippen LogP contribution in [0.25, 0.3) is 0 Å². The van der Waals surface area contributed by atoms with Gasteiger partial charge in [-0.2, -0.15) is 0 Å². The fraction of sp³-hybridized carbons (Fsp3) is 0.188. The predicted octanol–water partition coefficient (Wildman–Crippen LogP) is 3.04. The van der Waals surface area contributed by atoms with Crippen molar-refractivity contribution in [1.29, 1.82) is 0 Å². The highest BCUT2D eigenvalue weighted by atomic mass is 32.2. The number of benzene rings is 2. The van der Waals surface area contributed by atoms with Gasteiger partial charge in [0.2, 0.25) is 15.9 Å². The molecule has 1 atom stereocenters. The normalized spacial score (nSPS) is 12.5. The molecular weight excluding hydrogens is 376 g/mol. The Morgan fingerprint density at radius 2 is 1.58 bits per heavy atom. The second-order valence-electron chi connectivity index (χ2n) is 5.42. The molecule has 0 aliphatic rings. The van der Waals surface area contributed by atoms with Crippen molar-refractivity contribution in [3.05, 3.63) is 59.7 Å². The number of anilines is 2. The number of rotatable bonds is 5. The molecule has 2 rings (SSSR count). The van der Waals surface area contributed by atoms with E-state index in [2.05, 4.69) is 0 Å². The molecule has 0 bridgehead atoms. The smallest absolute Gasteiger partial charge is 0.248 e. The van der Waals surface area contributed by atoms with Crippen molar-refractivity contribution >= 4 is 27.3 Å². The molecule has 0 radical (unpaired) electrons. The molecule has 0 aliphatic carbocycles. The maximum atomic E-state index is 13.7. The van der Waals surface area contributed by atoms with Crippen LogP contribution in [0.15, 0.2) is 36.4 Å². The molecule has 0 saturated carbocycles. The monoisotopic (exact) mass is 390 g/mol. The molecule has 0 spiro atoms. The minimum atomic E-state index is -4.11. The molecule has 1 unspecified atom stereocenters. The standard InChI is InChI=1S/C16H14F4N2O3S/c1-9(16(23)21-15-12(18)4-3-5-13(15)19)22(26(2,24)25)10-6-7-11(17)14(20)8-10/h3-9H,1-2H3,(H,21,23). The summed E-state index contributed by atoms with van der Waals surface area (Å²) in [5, 5.41) is 1.96. The minimum Gasteiger partial charge on any atom is -0.319 e. The zero-order valence-corrected chi connectivity index (χ0v) is 14.5. The highest BCUT2D eigenvalue weighted by Crippen LogP contribution is 2.24. The van der Waals surface area contributed by atoms with Gasteiger partial charge in [0, 0.05) is 6.07 Å². The molecule has 0 heterocycles. The zero-order chi connectivity index (χ0) is 19.6. The van der Waals surface area contributed by atoms with Crippen molar-refractivity contribution in [3.8, 4) is 0 Å². The fourth-order valence-corrected chi connectivity index (χ4v) is 3.44. The number of carbonyl (C=O) groups excluding carboxylic acids is 1. The van der Waals surface area contributed by atoms with Crippen molar-refractivity contribution in [2.24, 2.45) is 0 Å². The Morgan fingerprint density at radius 3 is 2.08 bits per heavy atom. The number of hydrogen-bond acceptors (Lipinski definition) is 3. The SMILES string of the molecule is CC(C(=O)Nc1c(F)cccc1F)N(c1ccc(F)c(F)c1)S(C)(=O)=O. The Bertz CT molecular complexity index is 930. The van der Waals surface area contributed by atoms with Gasteiger partial charge in [-0.15, -0.1) is 0 Å². The largest absolute Gasteiger partial charge is 0.319 e. The van der Waals surface area contributed by atoms with Gasteiger partial charge in [-0.05, 0) is 31.2 Å². The molecule has 0 fully saturated rings. The summed E-state index contributed by atoms with van der Waals surface area (Å²) in [4.78, 5) is 12.3. The summed E-state index contributed by atoms with van der Waals surface area (Å²) in [5.41, 5.74) is -1.06. The molecule has 1 amide bonds. The van der Waals surface area contributed by atoms with E-state index in [-0.39, 0.29) is 5.69 Å². The number of sulfonamides is 1. The number of amides is 1. The third kappa shape index (κ3) is 4.13. The molecule has 0 aromatic heterocycles. The summed E-state index contributed by atoms with van der Waals surface area (Å²) in [5.74, 6) is -5.69. The molecule has 0 aliphatic heterocycles. The molecular formula is C16H14F4N2O3S. The van der Waals surface area contributed by atoms with Crippen molar-refractivity contribution in [2.45, 2.75) is 13.0 Å². The molecule has 26 heavy (non-hydrogen) atoms. The first kappa shape index (κ1) is 19.7. The summed E-state index contributed by atoms with van der Waals surface area (Å²) < 4.78 is 78.4. The Morgan fingerprint density at radius 1 is 1.00 bits per heavy atom. The van der Waals surface area contributed by atoms with Gasteiger partial charge in [0.1, 0.15) is 23.4 Å². The van der Waals surface area contributed by atoms with Crippen LogP contribution in [0.4, 0.5) is 28.9 Å². The van der Waals surface area contributed by atoms with Gasteiger partial charge in [0.05, 0.1) is 11.9 Å². The van der Waals surface area contributed by atoms with Crippen LogP contribution in [-0.2, 0) is 14.8 Å². The van der Waals surface area contributed by atoms with Gasteiger partial charge in [-0.3, -0.25) is 9.10 Å². The minimum absolute atomic E-state index is 0.317. The lowest BCUT2D eigenvalue weighted by atomic mass is 10.2. The first-order valence-corrected chi connectivity index (χ1v) is 9.06. The lowest BCUT2D eigenvalue weighted by molar-refractivity contribution is -0.116. The van der Waals surface area contributed by atoms with Crippen LogP contribution in [0.2, 0.25) is 0 Å². The van der Waals surface area contributed by atoms with Crippen LogP contribution in [-0.4, -0.2) is 26.6 Å². The van der Waals surface area contributed by atoms with Crippen molar-refractivity contribution in [1.82, 2.24) is 0 Å². The summed E-state index contributed by atoms with van der Waals surface area (Å²) in [6.07, 6.45) is 0.752. The molecule has 2 aromatic rings. The lowest BCUT2D eigenvalue weighted by Crippen LogP contribution is -2.45. The molecule has 1 N–H and O–H groups in total. The van der Waals surface area contributed by atoms with Crippen LogP contribution in [0, 0.1) is 23.3 Å². The summed E-state index contributed by atoms with van der Waals surface area (Å²) in [6.45, 7) is 1.14. The Kier molecular flexibility index (Phi) is 5.55. The Hall–Kier alpha value is -2.62. The third-order valence-corrected chi connectivity index (χ3v) is 4.70. The number of nitrogens with one attached hydrogen (secondary N) is 1. The average molecular weight is 390 g/mol. The predicted molar refractivity (Wildman–Crippen MR) is 88.1 cm³/mol. The van der Waals surface area contributed by atoms with Crippen LogP contribution in [0.5, 0.6) is 0 Å². The summed E-state index contributed by atoms with van der Waals surface area (Å²) in [7, 11) is -4.11. The third-order valence-electron chi connectivity index (χ3n) is 3.46. The van der Waals surface area contributed by atoms with Gasteiger partial charge in [0.15, 0.2) is 11.6 Å². The van der Waals surface area contributed by atoms with Crippen molar-refractivity contribution < 1.29 is 30.8 Å². The second-order valence-corrected chi connectivity index (χ2v) is 7.28. The number of hydrogen-bond donors (Lipinski definition) is 1. The van der Waals surface area contributed by atoms with E-state index in [1.807, 2.05) is 5.32 Å². The van der Waals surface area contributed by atoms with E-state index in [1.54, 1.807) is 0 Å². The van der Waals surface area contributed by atoms with E-state index >= 15 is 0 Å². The first-order valence-electron chi connectivity index (χ1n) is 7.21. The fourth-order valence-electron chi connectivity index (χ4n) is 2.28. The van der Waals surface area contributed by atoms with Crippen LogP contribution in [0.3, 0.4) is 0 Å². The Labute approximate surface area is 147 Å². The Balaban J connectivity index is 2.39. The number of halogens is 4. The molecule has 2 aromatic carbocycles. The van der Waals surface area contributed by atoms with Crippen LogP contribution < -0.4 is 9.62 Å². The highest BCUT2D eigenvalue weighted by Gasteiger charge is 2.30. The van der Waals surface area contributed by atoms with Gasteiger partial charge >= 0.3 is 0 Å². The van der Waals surface area contributed by atoms with Crippen molar-refractivity contribution in [2.75, 3.05) is 15.9 Å². The van der Waals surface area contributed by atoms with E-state index in [0.29, 0.717) is 16.4 Å². The molecule has 140 valence electrons. The van der Waals surface area contributed by atoms with Crippen LogP contribution in [0.1, 0.15) is 6.92 Å². The van der Waals surface area contributed by atoms with Gasteiger partial charge in [0.25, 0.3) is 0 Å². The van der Waals surface area contributed by atoms with E-state index in [1.165, 1.54) is 0 Å². The average Bonchev–Trinajstić information content (AvgIpc) is 2.53. The van der Waals surface area contributed by atoms with Crippen LogP contribution >= 0.6 is 0 Å². The quantitative estimate of drug-likeness (QED) is 0.798. The van der Waals surface area contributed by atoms with E-state index in [0.717, 1.165) is 37.4 Å². The summed E-state index contributed by atoms with van der Waals surface area (Å²) >= 11 is 0. The first-order chi connectivity index (χ1) is 12.0. The molecule has 10 heteroatoms. The number of nitrogens with zero attached hydrogens (tertiary/aromatic N) is 1. The molecule has 5 nitrogen and oxygen atoms in total. The lowest BCUT2D eigenvalue weighted by Gasteiger charge is -2.28. The second kappa shape index (κ2) is 7.32. The maximum absolute atomic E-state index is 13.7. The zero-order valence-electron chi connectivity index (χ0n) is 13.6. The maximum Gasteiger partial charge on any atom is 0.248 e. The van der Waals surface area contributed by atoms with E-state index < -0.39 is 50.9 Å². The van der Waals surface area contributed by atoms with E-state index in [9.17, 15) is 30.8 Å². The number of para-hydroxylation sites is 1. The van der Waals surface area contributed by atoms with Gasteiger partial charge in [-0.1, -0.05) is 6.07 Å². The van der Waals surface area contributed by atoms with Crippen molar-refractivity contribution in [3.63, 3.8) is 0 Å². The molecule has 0 saturated heterocycles. The topological polar surface area (TPSA) is 66.5 Å². The van der Waals surface area contributed by atoms with E-state index in [4.69, 9.17) is 0 Å². The highest BCUT2D eigenvalue weighted by molar-refractivity contribution is 7.92. The van der Waals surface area contributed by atoms with Gasteiger partial charge in [-0.25, -0.2) is 26.0 Å².